The van der Waals surface area contributed by atoms with E-state index in [1.165, 1.54) is 5.56 Å². The lowest BCUT2D eigenvalue weighted by atomic mass is 9.96. The highest BCUT2D eigenvalue weighted by Crippen LogP contribution is 2.43. The summed E-state index contributed by atoms with van der Waals surface area (Å²) in [6.45, 7) is 4.17. The second kappa shape index (κ2) is 3.75. The van der Waals surface area contributed by atoms with Crippen molar-refractivity contribution in [2.24, 2.45) is 0 Å². The van der Waals surface area contributed by atoms with Crippen LogP contribution in [-0.2, 0) is 21.7 Å². The molecule has 0 radical (unpaired) electrons. The predicted octanol–water partition coefficient (Wildman–Crippen LogP) is 2.23. The lowest BCUT2D eigenvalue weighted by molar-refractivity contribution is -0.183. The van der Waals surface area contributed by atoms with Crippen LogP contribution in [0, 0.1) is 0 Å². The second-order valence-electron chi connectivity index (χ2n) is 4.23. The van der Waals surface area contributed by atoms with Crippen LogP contribution in [0.3, 0.4) is 0 Å². The molecule has 0 unspecified atom stereocenters. The molecule has 2 aliphatic heterocycles. The van der Waals surface area contributed by atoms with E-state index in [9.17, 15) is 0 Å². The Hall–Kier alpha value is -1.06. The Kier molecular flexibility index (Phi) is 2.37. The standard InChI is InChI=1S/C13H16O3/c1-2-10-3-4-12-11(9-10)13(5-6-14-12)15-7-8-16-13/h3-4,9H,2,5-8H2,1H3. The molecule has 3 rings (SSSR count). The molecule has 0 aromatic heterocycles. The van der Waals surface area contributed by atoms with E-state index in [1.807, 2.05) is 6.07 Å². The molecule has 1 aromatic carbocycles. The lowest BCUT2D eigenvalue weighted by Crippen LogP contribution is -2.33. The van der Waals surface area contributed by atoms with Gasteiger partial charge in [-0.25, -0.2) is 0 Å². The van der Waals surface area contributed by atoms with Crippen LogP contribution in [0.1, 0.15) is 24.5 Å². The van der Waals surface area contributed by atoms with Crippen molar-refractivity contribution in [1.29, 1.82) is 0 Å². The minimum atomic E-state index is -0.529. The number of fused-ring (bicyclic) bond motifs is 2. The van der Waals surface area contributed by atoms with Gasteiger partial charge in [-0.15, -0.1) is 0 Å². The second-order valence-corrected chi connectivity index (χ2v) is 4.23. The minimum Gasteiger partial charge on any atom is -0.493 e. The van der Waals surface area contributed by atoms with Gasteiger partial charge in [0.15, 0.2) is 0 Å². The Labute approximate surface area is 95.3 Å². The molecule has 0 aliphatic carbocycles. The summed E-state index contributed by atoms with van der Waals surface area (Å²) < 4.78 is 17.3. The van der Waals surface area contributed by atoms with Crippen molar-refractivity contribution in [2.75, 3.05) is 19.8 Å². The summed E-state index contributed by atoms with van der Waals surface area (Å²) in [6.07, 6.45) is 1.80. The van der Waals surface area contributed by atoms with Gasteiger partial charge < -0.3 is 14.2 Å². The highest BCUT2D eigenvalue weighted by atomic mass is 16.7. The van der Waals surface area contributed by atoms with Crippen molar-refractivity contribution in [3.8, 4) is 5.75 Å². The highest BCUT2D eigenvalue weighted by Gasteiger charge is 2.43. The molecule has 3 heteroatoms. The van der Waals surface area contributed by atoms with E-state index >= 15 is 0 Å². The molecule has 0 atom stereocenters. The van der Waals surface area contributed by atoms with Gasteiger partial charge in [-0.1, -0.05) is 13.0 Å². The molecule has 2 heterocycles. The zero-order valence-electron chi connectivity index (χ0n) is 9.49. The molecular weight excluding hydrogens is 204 g/mol. The molecule has 0 saturated carbocycles. The monoisotopic (exact) mass is 220 g/mol. The molecule has 0 bridgehead atoms. The van der Waals surface area contributed by atoms with Gasteiger partial charge in [0, 0.05) is 6.42 Å². The third kappa shape index (κ3) is 1.43. The van der Waals surface area contributed by atoms with Gasteiger partial charge >= 0.3 is 0 Å². The van der Waals surface area contributed by atoms with Crippen LogP contribution in [0.4, 0.5) is 0 Å². The smallest absolute Gasteiger partial charge is 0.201 e. The first-order valence-electron chi connectivity index (χ1n) is 5.88. The normalized spacial score (nSPS) is 21.8. The first kappa shape index (κ1) is 10.1. The summed E-state index contributed by atoms with van der Waals surface area (Å²) in [4.78, 5) is 0. The Morgan fingerprint density at radius 3 is 2.75 bits per heavy atom. The van der Waals surface area contributed by atoms with E-state index in [1.54, 1.807) is 0 Å². The van der Waals surface area contributed by atoms with Crippen molar-refractivity contribution in [3.05, 3.63) is 29.3 Å². The predicted molar refractivity (Wildman–Crippen MR) is 59.5 cm³/mol. The Balaban J connectivity index is 2.08. The van der Waals surface area contributed by atoms with E-state index in [2.05, 4.69) is 19.1 Å². The third-order valence-corrected chi connectivity index (χ3v) is 3.31. The van der Waals surface area contributed by atoms with Gasteiger partial charge in [0.25, 0.3) is 0 Å². The maximum Gasteiger partial charge on any atom is 0.201 e. The number of benzene rings is 1. The van der Waals surface area contributed by atoms with Crippen molar-refractivity contribution >= 4 is 0 Å². The Morgan fingerprint density at radius 1 is 1.19 bits per heavy atom. The fraction of sp³-hybridized carbons (Fsp3) is 0.538. The zero-order valence-corrected chi connectivity index (χ0v) is 9.49. The van der Waals surface area contributed by atoms with Gasteiger partial charge in [0.05, 0.1) is 25.4 Å². The van der Waals surface area contributed by atoms with Crippen LogP contribution in [0.5, 0.6) is 5.75 Å². The molecule has 1 spiro atoms. The lowest BCUT2D eigenvalue weighted by Gasteiger charge is -2.33. The summed E-state index contributed by atoms with van der Waals surface area (Å²) in [5.41, 5.74) is 2.36. The van der Waals surface area contributed by atoms with Gasteiger partial charge in [-0.3, -0.25) is 0 Å². The molecule has 0 amide bonds. The molecule has 1 fully saturated rings. The summed E-state index contributed by atoms with van der Waals surface area (Å²) in [7, 11) is 0. The van der Waals surface area contributed by atoms with Crippen LogP contribution in [0.25, 0.3) is 0 Å². The third-order valence-electron chi connectivity index (χ3n) is 3.31. The summed E-state index contributed by atoms with van der Waals surface area (Å²) >= 11 is 0. The van der Waals surface area contributed by atoms with Gasteiger partial charge in [0.1, 0.15) is 5.75 Å². The van der Waals surface area contributed by atoms with Gasteiger partial charge in [-0.05, 0) is 24.1 Å². The number of ether oxygens (including phenoxy) is 3. The van der Waals surface area contributed by atoms with Crippen molar-refractivity contribution in [3.63, 3.8) is 0 Å². The molecular formula is C13H16O3. The number of aryl methyl sites for hydroxylation is 1. The topological polar surface area (TPSA) is 27.7 Å². The molecule has 86 valence electrons. The maximum atomic E-state index is 5.81. The highest BCUT2D eigenvalue weighted by molar-refractivity contribution is 5.42. The zero-order chi connectivity index (χ0) is 11.0. The summed E-state index contributed by atoms with van der Waals surface area (Å²) in [5, 5.41) is 0. The van der Waals surface area contributed by atoms with Gasteiger partial charge in [0.2, 0.25) is 5.79 Å². The summed E-state index contributed by atoms with van der Waals surface area (Å²) in [6, 6.07) is 6.28. The quantitative estimate of drug-likeness (QED) is 0.726. The van der Waals surface area contributed by atoms with E-state index in [0.717, 1.165) is 24.2 Å². The average Bonchev–Trinajstić information content (AvgIpc) is 2.79. The van der Waals surface area contributed by atoms with E-state index in [4.69, 9.17) is 14.2 Å². The Bertz CT molecular complexity index is 394. The molecule has 1 saturated heterocycles. The average molecular weight is 220 g/mol. The first-order valence-corrected chi connectivity index (χ1v) is 5.88. The van der Waals surface area contributed by atoms with Gasteiger partial charge in [-0.2, -0.15) is 0 Å². The van der Waals surface area contributed by atoms with Crippen LogP contribution >= 0.6 is 0 Å². The fourth-order valence-corrected chi connectivity index (χ4v) is 2.41. The van der Waals surface area contributed by atoms with Crippen molar-refractivity contribution in [1.82, 2.24) is 0 Å². The Morgan fingerprint density at radius 2 is 2.00 bits per heavy atom. The van der Waals surface area contributed by atoms with Crippen LogP contribution in [0.2, 0.25) is 0 Å². The molecule has 2 aliphatic rings. The maximum absolute atomic E-state index is 5.81. The van der Waals surface area contributed by atoms with Crippen LogP contribution < -0.4 is 4.74 Å². The largest absolute Gasteiger partial charge is 0.493 e. The number of rotatable bonds is 1. The number of hydrogen-bond donors (Lipinski definition) is 0. The van der Waals surface area contributed by atoms with Crippen LogP contribution in [-0.4, -0.2) is 19.8 Å². The minimum absolute atomic E-state index is 0.529. The summed E-state index contributed by atoms with van der Waals surface area (Å²) in [5.74, 6) is 0.379. The first-order chi connectivity index (χ1) is 7.84. The molecule has 3 nitrogen and oxygen atoms in total. The fourth-order valence-electron chi connectivity index (χ4n) is 2.41. The molecule has 16 heavy (non-hydrogen) atoms. The molecule has 1 aromatic rings. The SMILES string of the molecule is CCc1ccc2c(c1)C1(CCO2)OCCO1. The van der Waals surface area contributed by atoms with E-state index < -0.39 is 5.79 Å². The number of hydrogen-bond acceptors (Lipinski definition) is 3. The van der Waals surface area contributed by atoms with Crippen molar-refractivity contribution < 1.29 is 14.2 Å². The van der Waals surface area contributed by atoms with E-state index in [0.29, 0.717) is 19.8 Å². The van der Waals surface area contributed by atoms with Crippen molar-refractivity contribution in [2.45, 2.75) is 25.6 Å². The molecule has 0 N–H and O–H groups in total. The van der Waals surface area contributed by atoms with Crippen LogP contribution in [0.15, 0.2) is 18.2 Å². The van der Waals surface area contributed by atoms with E-state index in [-0.39, 0.29) is 0 Å².